The molecule has 136 valence electrons. The molecule has 1 N–H and O–H groups in total. The normalized spacial score (nSPS) is 10.4. The highest BCUT2D eigenvalue weighted by molar-refractivity contribution is 6.03. The van der Waals surface area contributed by atoms with Gasteiger partial charge in [-0.1, -0.05) is 37.3 Å². The fraction of sp³-hybridized carbons (Fsp3) is 0.143. The molecular formula is C21H19N3O3. The van der Waals surface area contributed by atoms with Crippen LogP contribution >= 0.6 is 0 Å². The Labute approximate surface area is 157 Å². The maximum Gasteiger partial charge on any atom is 0.336 e. The van der Waals surface area contributed by atoms with Gasteiger partial charge in [-0.15, -0.1) is 0 Å². The van der Waals surface area contributed by atoms with Gasteiger partial charge in [-0.2, -0.15) is 0 Å². The SMILES string of the molecule is CCC(=O)N(c1ccncn1)c1cc(-c2ccccc2)cc(C(=O)O)c1C. The monoisotopic (exact) mass is 361 g/mol. The van der Waals surface area contributed by atoms with Crippen LogP contribution in [0.2, 0.25) is 0 Å². The number of benzene rings is 2. The van der Waals surface area contributed by atoms with Crippen LogP contribution in [0.15, 0.2) is 61.1 Å². The molecular weight excluding hydrogens is 342 g/mol. The van der Waals surface area contributed by atoms with E-state index in [-0.39, 0.29) is 17.9 Å². The summed E-state index contributed by atoms with van der Waals surface area (Å²) in [6.45, 7) is 3.45. The first kappa shape index (κ1) is 18.3. The predicted molar refractivity (Wildman–Crippen MR) is 103 cm³/mol. The van der Waals surface area contributed by atoms with Gasteiger partial charge >= 0.3 is 5.97 Å². The van der Waals surface area contributed by atoms with E-state index in [0.717, 1.165) is 11.1 Å². The molecule has 1 heterocycles. The van der Waals surface area contributed by atoms with E-state index < -0.39 is 5.97 Å². The molecule has 3 aromatic rings. The molecule has 0 bridgehead atoms. The molecule has 6 nitrogen and oxygen atoms in total. The van der Waals surface area contributed by atoms with Gasteiger partial charge in [0.15, 0.2) is 0 Å². The van der Waals surface area contributed by atoms with Crippen molar-refractivity contribution in [2.24, 2.45) is 0 Å². The summed E-state index contributed by atoms with van der Waals surface area (Å²) in [6, 6.07) is 14.5. The van der Waals surface area contributed by atoms with E-state index in [2.05, 4.69) is 9.97 Å². The van der Waals surface area contributed by atoms with Crippen LogP contribution in [0.5, 0.6) is 0 Å². The van der Waals surface area contributed by atoms with Gasteiger partial charge in [-0.05, 0) is 41.8 Å². The zero-order valence-corrected chi connectivity index (χ0v) is 15.1. The second-order valence-corrected chi connectivity index (χ2v) is 5.99. The fourth-order valence-corrected chi connectivity index (χ4v) is 2.91. The first-order valence-electron chi connectivity index (χ1n) is 8.55. The van der Waals surface area contributed by atoms with Crippen LogP contribution < -0.4 is 4.90 Å². The molecule has 0 saturated carbocycles. The smallest absolute Gasteiger partial charge is 0.336 e. The summed E-state index contributed by atoms with van der Waals surface area (Å²) in [5.41, 5.74) is 2.74. The van der Waals surface area contributed by atoms with E-state index in [1.54, 1.807) is 32.2 Å². The first-order valence-corrected chi connectivity index (χ1v) is 8.55. The average Bonchev–Trinajstić information content (AvgIpc) is 2.70. The highest BCUT2D eigenvalue weighted by atomic mass is 16.4. The molecule has 1 amide bonds. The quantitative estimate of drug-likeness (QED) is 0.735. The number of aromatic nitrogens is 2. The number of carboxylic acids is 1. The van der Waals surface area contributed by atoms with Crippen LogP contribution in [0.3, 0.4) is 0 Å². The zero-order valence-electron chi connectivity index (χ0n) is 15.1. The van der Waals surface area contributed by atoms with Gasteiger partial charge in [0.1, 0.15) is 12.1 Å². The minimum atomic E-state index is -1.04. The Morgan fingerprint density at radius 2 is 1.81 bits per heavy atom. The molecule has 0 fully saturated rings. The van der Waals surface area contributed by atoms with Gasteiger partial charge in [0.25, 0.3) is 0 Å². The van der Waals surface area contributed by atoms with Crippen molar-refractivity contribution in [2.75, 3.05) is 4.90 Å². The van der Waals surface area contributed by atoms with Gasteiger partial charge in [-0.3, -0.25) is 9.69 Å². The summed E-state index contributed by atoms with van der Waals surface area (Å²) in [7, 11) is 0. The number of nitrogens with zero attached hydrogens (tertiary/aromatic N) is 3. The van der Waals surface area contributed by atoms with Crippen LogP contribution in [0.1, 0.15) is 29.3 Å². The Kier molecular flexibility index (Phi) is 5.26. The number of anilines is 2. The molecule has 0 saturated heterocycles. The van der Waals surface area contributed by atoms with Gasteiger partial charge < -0.3 is 5.11 Å². The van der Waals surface area contributed by atoms with Gasteiger partial charge in [0.2, 0.25) is 5.91 Å². The van der Waals surface area contributed by atoms with Crippen molar-refractivity contribution in [3.05, 3.63) is 72.2 Å². The lowest BCUT2D eigenvalue weighted by Gasteiger charge is -2.25. The molecule has 2 aromatic carbocycles. The van der Waals surface area contributed by atoms with E-state index in [0.29, 0.717) is 17.1 Å². The van der Waals surface area contributed by atoms with Crippen LogP contribution in [-0.4, -0.2) is 27.0 Å². The summed E-state index contributed by atoms with van der Waals surface area (Å²) in [6.07, 6.45) is 3.16. The van der Waals surface area contributed by atoms with Crippen molar-refractivity contribution < 1.29 is 14.7 Å². The Bertz CT molecular complexity index is 973. The largest absolute Gasteiger partial charge is 0.478 e. The third kappa shape index (κ3) is 3.69. The highest BCUT2D eigenvalue weighted by Crippen LogP contribution is 2.34. The minimum Gasteiger partial charge on any atom is -0.478 e. The van der Waals surface area contributed by atoms with E-state index in [4.69, 9.17) is 0 Å². The summed E-state index contributed by atoms with van der Waals surface area (Å²) < 4.78 is 0. The van der Waals surface area contributed by atoms with Crippen LogP contribution in [0.25, 0.3) is 11.1 Å². The Morgan fingerprint density at radius 3 is 2.41 bits per heavy atom. The summed E-state index contributed by atoms with van der Waals surface area (Å²) in [5, 5.41) is 9.68. The molecule has 27 heavy (non-hydrogen) atoms. The maximum absolute atomic E-state index is 12.7. The number of rotatable bonds is 5. The molecule has 0 aliphatic heterocycles. The van der Waals surface area contributed by atoms with Crippen molar-refractivity contribution in [3.63, 3.8) is 0 Å². The standard InChI is InChI=1S/C21H19N3O3/c1-3-20(25)24(19-9-10-22-13-23-19)18-12-16(15-7-5-4-6-8-15)11-17(14(18)2)21(26)27/h4-13H,3H2,1-2H3,(H,26,27). The molecule has 0 spiro atoms. The lowest BCUT2D eigenvalue weighted by atomic mass is 9.97. The molecule has 3 rings (SSSR count). The van der Waals surface area contributed by atoms with E-state index in [1.165, 1.54) is 11.2 Å². The number of aromatic carboxylic acids is 1. The third-order valence-corrected chi connectivity index (χ3v) is 4.31. The number of carbonyl (C=O) groups is 2. The number of carboxylic acid groups (broad SMARTS) is 1. The Balaban J connectivity index is 2.27. The van der Waals surface area contributed by atoms with Crippen LogP contribution in [0.4, 0.5) is 11.5 Å². The molecule has 6 heteroatoms. The van der Waals surface area contributed by atoms with Crippen molar-refractivity contribution in [1.29, 1.82) is 0 Å². The lowest BCUT2D eigenvalue weighted by Crippen LogP contribution is -2.27. The molecule has 0 aliphatic rings. The minimum absolute atomic E-state index is 0.148. The number of hydrogen-bond donors (Lipinski definition) is 1. The van der Waals surface area contributed by atoms with Crippen molar-refractivity contribution >= 4 is 23.4 Å². The number of amides is 1. The second kappa shape index (κ2) is 7.78. The second-order valence-electron chi connectivity index (χ2n) is 5.99. The van der Waals surface area contributed by atoms with Gasteiger partial charge in [0, 0.05) is 12.6 Å². The molecule has 0 unspecified atom stereocenters. The first-order chi connectivity index (χ1) is 13.0. The van der Waals surface area contributed by atoms with E-state index in [1.807, 2.05) is 36.4 Å². The van der Waals surface area contributed by atoms with Gasteiger partial charge in [0.05, 0.1) is 11.3 Å². The zero-order chi connectivity index (χ0) is 19.4. The Hall–Kier alpha value is -3.54. The van der Waals surface area contributed by atoms with E-state index >= 15 is 0 Å². The van der Waals surface area contributed by atoms with Crippen molar-refractivity contribution in [1.82, 2.24) is 9.97 Å². The maximum atomic E-state index is 12.7. The summed E-state index contributed by atoms with van der Waals surface area (Å²) in [5.74, 6) is -0.821. The lowest BCUT2D eigenvalue weighted by molar-refractivity contribution is -0.117. The average molecular weight is 361 g/mol. The van der Waals surface area contributed by atoms with Gasteiger partial charge in [-0.25, -0.2) is 14.8 Å². The predicted octanol–water partition coefficient (Wildman–Crippen LogP) is 4.22. The topological polar surface area (TPSA) is 83.4 Å². The number of hydrogen-bond acceptors (Lipinski definition) is 4. The molecule has 0 radical (unpaired) electrons. The molecule has 1 aromatic heterocycles. The fourth-order valence-electron chi connectivity index (χ4n) is 2.91. The summed E-state index contributed by atoms with van der Waals surface area (Å²) >= 11 is 0. The van der Waals surface area contributed by atoms with Crippen LogP contribution in [-0.2, 0) is 4.79 Å². The third-order valence-electron chi connectivity index (χ3n) is 4.31. The number of carbonyl (C=O) groups excluding carboxylic acids is 1. The summed E-state index contributed by atoms with van der Waals surface area (Å²) in [4.78, 5) is 34.1. The van der Waals surface area contributed by atoms with Crippen molar-refractivity contribution in [3.8, 4) is 11.1 Å². The molecule has 0 aliphatic carbocycles. The van der Waals surface area contributed by atoms with Crippen molar-refractivity contribution in [2.45, 2.75) is 20.3 Å². The molecule has 0 atom stereocenters. The van der Waals surface area contributed by atoms with E-state index in [9.17, 15) is 14.7 Å². The van der Waals surface area contributed by atoms with Crippen LogP contribution in [0, 0.1) is 6.92 Å². The Morgan fingerprint density at radius 1 is 1.07 bits per heavy atom. The highest BCUT2D eigenvalue weighted by Gasteiger charge is 2.23.